The Morgan fingerprint density at radius 1 is 1.20 bits per heavy atom. The zero-order valence-corrected chi connectivity index (χ0v) is 22.0. The van der Waals surface area contributed by atoms with Crippen LogP contribution < -0.4 is 20.1 Å². The molecule has 0 radical (unpaired) electrons. The minimum absolute atomic E-state index is 0.115. The van der Waals surface area contributed by atoms with E-state index in [0.717, 1.165) is 34.4 Å². The number of ether oxygens (including phenoxy) is 2. The van der Waals surface area contributed by atoms with Gasteiger partial charge >= 0.3 is 11.8 Å². The molecule has 3 aliphatic rings. The molecule has 12 nitrogen and oxygen atoms in total. The van der Waals surface area contributed by atoms with Crippen LogP contribution >= 0.6 is 0 Å². The smallest absolute Gasteiger partial charge is 0.421 e. The van der Waals surface area contributed by atoms with Gasteiger partial charge in [-0.1, -0.05) is 6.07 Å². The molecule has 6 rings (SSSR count). The molecule has 2 fully saturated rings. The van der Waals surface area contributed by atoms with Crippen molar-refractivity contribution in [2.75, 3.05) is 16.2 Å². The molecule has 2 aromatic carbocycles. The van der Waals surface area contributed by atoms with Gasteiger partial charge in [0, 0.05) is 5.69 Å². The monoisotopic (exact) mass is 566 g/mol. The number of nitrogens with one attached hydrogen (secondary N) is 1. The van der Waals surface area contributed by atoms with Crippen molar-refractivity contribution < 1.29 is 32.2 Å². The molecule has 0 saturated heterocycles. The molecule has 4 unspecified atom stereocenters. The van der Waals surface area contributed by atoms with Crippen molar-refractivity contribution in [3.63, 3.8) is 0 Å². The van der Waals surface area contributed by atoms with Gasteiger partial charge in [0.15, 0.2) is 6.26 Å². The van der Waals surface area contributed by atoms with E-state index in [0.29, 0.717) is 17.5 Å². The first-order chi connectivity index (χ1) is 19.2. The molecule has 2 heterocycles. The number of hydrogen-bond acceptors (Lipinski definition) is 9. The fourth-order valence-electron chi connectivity index (χ4n) is 5.88. The summed E-state index contributed by atoms with van der Waals surface area (Å²) in [6.45, 7) is -0.428. The zero-order chi connectivity index (χ0) is 28.0. The van der Waals surface area contributed by atoms with E-state index in [1.807, 2.05) is 6.07 Å². The van der Waals surface area contributed by atoms with Crippen LogP contribution in [0.5, 0.6) is 11.6 Å². The molecule has 1 amide bonds. The lowest BCUT2D eigenvalue weighted by molar-refractivity contribution is 0.0755. The fourth-order valence-corrected chi connectivity index (χ4v) is 7.42. The highest BCUT2D eigenvalue weighted by Gasteiger charge is 2.42. The van der Waals surface area contributed by atoms with E-state index >= 15 is 0 Å². The molecule has 4 atom stereocenters. The molecule has 1 aromatic heterocycles. The van der Waals surface area contributed by atoms with Crippen molar-refractivity contribution in [1.82, 2.24) is 4.57 Å². The molecule has 0 spiro atoms. The van der Waals surface area contributed by atoms with Gasteiger partial charge in [-0.05, 0) is 73.9 Å². The third-order valence-corrected chi connectivity index (χ3v) is 9.54. The number of amides is 1. The molecule has 2 saturated carbocycles. The summed E-state index contributed by atoms with van der Waals surface area (Å²) >= 11 is 0. The maximum Gasteiger partial charge on any atom is 0.421 e. The van der Waals surface area contributed by atoms with Crippen molar-refractivity contribution in [3.05, 3.63) is 64.8 Å². The molecule has 2 aliphatic carbocycles. The molecule has 208 valence electrons. The van der Waals surface area contributed by atoms with Crippen LogP contribution in [0.1, 0.15) is 31.2 Å². The Morgan fingerprint density at radius 2 is 2.05 bits per heavy atom. The van der Waals surface area contributed by atoms with Gasteiger partial charge in [-0.2, -0.15) is 5.26 Å². The standard InChI is InChI=1S/C27H26N4O8S/c28-12-17-2-1-3-21(9-17)40(35,36)31-14-20(13-30-25(32)15-37-27(30)34)38-23-7-6-19(11-22(23)31)29-26(33)39-24-10-16-4-5-18(24)8-16/h1-3,6-7,9,11,15-16,18,20,24,32H,4-5,8,10,13-14H2,(H,29,33). The summed E-state index contributed by atoms with van der Waals surface area (Å²) in [6, 6.07) is 12.1. The topological polar surface area (TPSA) is 164 Å². The Labute approximate surface area is 229 Å². The van der Waals surface area contributed by atoms with Crippen molar-refractivity contribution in [2.45, 2.75) is 49.3 Å². The summed E-state index contributed by atoms with van der Waals surface area (Å²) in [5.74, 6) is -0.0775. The van der Waals surface area contributed by atoms with E-state index < -0.39 is 33.9 Å². The molecule has 2 N–H and O–H groups in total. The lowest BCUT2D eigenvalue weighted by atomic mass is 9.98. The summed E-state index contributed by atoms with van der Waals surface area (Å²) in [6.07, 6.45) is 3.44. The number of rotatable bonds is 6. The number of aromatic nitrogens is 1. The van der Waals surface area contributed by atoms with Crippen LogP contribution in [0.25, 0.3) is 0 Å². The first kappa shape index (κ1) is 25.8. The molecule has 1 aliphatic heterocycles. The van der Waals surface area contributed by atoms with Crippen LogP contribution in [0.15, 0.2) is 62.8 Å². The second-order valence-electron chi connectivity index (χ2n) is 10.3. The normalized spacial score (nSPS) is 23.2. The van der Waals surface area contributed by atoms with E-state index in [9.17, 15) is 28.4 Å². The first-order valence-electron chi connectivity index (χ1n) is 12.9. The number of nitriles is 1. The van der Waals surface area contributed by atoms with E-state index in [-0.39, 0.29) is 41.1 Å². The number of oxazole rings is 1. The number of hydrogen-bond donors (Lipinski definition) is 2. The highest BCUT2D eigenvalue weighted by molar-refractivity contribution is 7.92. The van der Waals surface area contributed by atoms with Gasteiger partial charge in [-0.3, -0.25) is 9.62 Å². The number of carbonyl (C=O) groups is 1. The maximum atomic E-state index is 13.8. The van der Waals surface area contributed by atoms with Crippen molar-refractivity contribution in [3.8, 4) is 17.7 Å². The summed E-state index contributed by atoms with van der Waals surface area (Å²) in [7, 11) is -4.22. The molecular formula is C27H26N4O8S. The Kier molecular flexibility index (Phi) is 6.42. The Bertz CT molecular complexity index is 1670. The number of sulfonamides is 1. The third kappa shape index (κ3) is 4.75. The van der Waals surface area contributed by atoms with Crippen molar-refractivity contribution in [2.24, 2.45) is 11.8 Å². The number of carbonyl (C=O) groups excluding carboxylic acids is 1. The minimum Gasteiger partial charge on any atom is -0.492 e. The molecule has 40 heavy (non-hydrogen) atoms. The number of anilines is 2. The quantitative estimate of drug-likeness (QED) is 0.455. The average molecular weight is 567 g/mol. The largest absolute Gasteiger partial charge is 0.492 e. The first-order valence-corrected chi connectivity index (χ1v) is 14.3. The third-order valence-electron chi connectivity index (χ3n) is 7.77. The van der Waals surface area contributed by atoms with E-state index in [2.05, 4.69) is 5.32 Å². The van der Waals surface area contributed by atoms with E-state index in [1.54, 1.807) is 6.07 Å². The number of fused-ring (bicyclic) bond motifs is 3. The number of nitrogens with zero attached hydrogens (tertiary/aromatic N) is 3. The predicted molar refractivity (Wildman–Crippen MR) is 141 cm³/mol. The summed E-state index contributed by atoms with van der Waals surface area (Å²) in [5.41, 5.74) is 0.628. The van der Waals surface area contributed by atoms with Crippen LogP contribution in [0.4, 0.5) is 16.2 Å². The molecular weight excluding hydrogens is 540 g/mol. The zero-order valence-electron chi connectivity index (χ0n) is 21.2. The van der Waals surface area contributed by atoms with Gasteiger partial charge in [0.2, 0.25) is 5.88 Å². The van der Waals surface area contributed by atoms with Crippen LogP contribution in [0, 0.1) is 23.2 Å². The van der Waals surface area contributed by atoms with Gasteiger partial charge in [0.05, 0.1) is 35.3 Å². The van der Waals surface area contributed by atoms with Crippen molar-refractivity contribution in [1.29, 1.82) is 5.26 Å². The predicted octanol–water partition coefficient (Wildman–Crippen LogP) is 3.41. The van der Waals surface area contributed by atoms with Gasteiger partial charge in [0.25, 0.3) is 10.0 Å². The van der Waals surface area contributed by atoms with Crippen LogP contribution in [0.3, 0.4) is 0 Å². The Balaban J connectivity index is 1.30. The SMILES string of the molecule is N#Cc1cccc(S(=O)(=O)N2CC(Cn3c(O)coc3=O)Oc3ccc(NC(=O)OC4CC5CCC4C5)cc32)c1. The average Bonchev–Trinajstić information content (AvgIpc) is 3.65. The van der Waals surface area contributed by atoms with Gasteiger partial charge in [-0.15, -0.1) is 0 Å². The molecule has 13 heteroatoms. The minimum atomic E-state index is -4.22. The fraction of sp³-hybridized carbons (Fsp3) is 0.370. The van der Waals surface area contributed by atoms with E-state index in [4.69, 9.17) is 13.9 Å². The number of aromatic hydroxyl groups is 1. The summed E-state index contributed by atoms with van der Waals surface area (Å²) in [5, 5.41) is 22.0. The van der Waals surface area contributed by atoms with Gasteiger partial charge in [0.1, 0.15) is 18.0 Å². The lowest BCUT2D eigenvalue weighted by Crippen LogP contribution is -2.46. The van der Waals surface area contributed by atoms with Crippen LogP contribution in [0.2, 0.25) is 0 Å². The van der Waals surface area contributed by atoms with Crippen LogP contribution in [-0.2, 0) is 21.3 Å². The second-order valence-corrected chi connectivity index (χ2v) is 12.2. The lowest BCUT2D eigenvalue weighted by Gasteiger charge is -2.35. The van der Waals surface area contributed by atoms with Crippen LogP contribution in [-0.4, -0.2) is 42.9 Å². The number of benzene rings is 2. The molecule has 2 bridgehead atoms. The second kappa shape index (κ2) is 9.95. The maximum absolute atomic E-state index is 13.8. The van der Waals surface area contributed by atoms with Gasteiger partial charge in [-0.25, -0.2) is 22.6 Å². The van der Waals surface area contributed by atoms with Crippen molar-refractivity contribution >= 4 is 27.5 Å². The van der Waals surface area contributed by atoms with Gasteiger partial charge < -0.3 is 19.0 Å². The Morgan fingerprint density at radius 3 is 2.75 bits per heavy atom. The molecule has 3 aromatic rings. The Hall–Kier alpha value is -4.44. The summed E-state index contributed by atoms with van der Waals surface area (Å²) < 4.78 is 46.1. The van der Waals surface area contributed by atoms with E-state index in [1.165, 1.54) is 42.8 Å². The summed E-state index contributed by atoms with van der Waals surface area (Å²) in [4.78, 5) is 24.6. The highest BCUT2D eigenvalue weighted by Crippen LogP contribution is 2.46. The highest BCUT2D eigenvalue weighted by atomic mass is 32.2.